The molecule has 1 aromatic heterocycles. The molecule has 0 saturated heterocycles. The SMILES string of the molecule is O=C(Nc1ccccn1)C(CC1CCCCC1)N1Cc2cccc(Cl)c2C1=O. The Kier molecular flexibility index (Phi) is 5.62. The Balaban J connectivity index is 1.58. The van der Waals surface area contributed by atoms with Crippen LogP contribution < -0.4 is 5.32 Å². The van der Waals surface area contributed by atoms with Crippen LogP contribution in [0, 0.1) is 5.92 Å². The molecular formula is C22H24ClN3O2. The Hall–Kier alpha value is -2.40. The molecule has 4 rings (SSSR count). The van der Waals surface area contributed by atoms with Crippen LogP contribution in [0.25, 0.3) is 0 Å². The van der Waals surface area contributed by atoms with E-state index in [0.29, 0.717) is 35.3 Å². The molecule has 0 spiro atoms. The number of halogens is 1. The van der Waals surface area contributed by atoms with Crippen molar-refractivity contribution in [2.24, 2.45) is 5.92 Å². The van der Waals surface area contributed by atoms with Crippen LogP contribution >= 0.6 is 11.6 Å². The monoisotopic (exact) mass is 397 g/mol. The van der Waals surface area contributed by atoms with Gasteiger partial charge in [0.05, 0.1) is 10.6 Å². The molecule has 1 aromatic carbocycles. The molecule has 1 saturated carbocycles. The van der Waals surface area contributed by atoms with E-state index in [1.807, 2.05) is 18.2 Å². The van der Waals surface area contributed by atoms with Gasteiger partial charge in [-0.1, -0.05) is 61.9 Å². The molecule has 0 radical (unpaired) electrons. The second kappa shape index (κ2) is 8.31. The second-order valence-electron chi connectivity index (χ2n) is 7.67. The smallest absolute Gasteiger partial charge is 0.256 e. The summed E-state index contributed by atoms with van der Waals surface area (Å²) in [5.41, 5.74) is 1.42. The van der Waals surface area contributed by atoms with Crippen LogP contribution in [-0.4, -0.2) is 27.7 Å². The van der Waals surface area contributed by atoms with Crippen LogP contribution in [0.4, 0.5) is 5.82 Å². The summed E-state index contributed by atoms with van der Waals surface area (Å²) in [6, 6.07) is 10.3. The topological polar surface area (TPSA) is 62.3 Å². The first-order valence-corrected chi connectivity index (χ1v) is 10.3. The molecule has 2 aromatic rings. The lowest BCUT2D eigenvalue weighted by atomic mass is 9.84. The van der Waals surface area contributed by atoms with Gasteiger partial charge in [-0.2, -0.15) is 0 Å². The Labute approximate surface area is 170 Å². The molecular weight excluding hydrogens is 374 g/mol. The number of rotatable bonds is 5. The minimum atomic E-state index is -0.527. The van der Waals surface area contributed by atoms with Gasteiger partial charge in [-0.3, -0.25) is 9.59 Å². The van der Waals surface area contributed by atoms with Crippen LogP contribution in [0.5, 0.6) is 0 Å². The number of hydrogen-bond donors (Lipinski definition) is 1. The molecule has 1 aliphatic heterocycles. The van der Waals surface area contributed by atoms with Crippen molar-refractivity contribution in [1.29, 1.82) is 0 Å². The van der Waals surface area contributed by atoms with Crippen molar-refractivity contribution in [2.75, 3.05) is 5.32 Å². The van der Waals surface area contributed by atoms with Gasteiger partial charge in [-0.15, -0.1) is 0 Å². The molecule has 1 unspecified atom stereocenters. The third-order valence-corrected chi connectivity index (χ3v) is 6.11. The van der Waals surface area contributed by atoms with Crippen molar-refractivity contribution in [1.82, 2.24) is 9.88 Å². The lowest BCUT2D eigenvalue weighted by Gasteiger charge is -2.31. The average molecular weight is 398 g/mol. The second-order valence-corrected chi connectivity index (χ2v) is 8.07. The zero-order valence-electron chi connectivity index (χ0n) is 15.7. The van der Waals surface area contributed by atoms with Crippen molar-refractivity contribution >= 4 is 29.2 Å². The molecule has 2 heterocycles. The van der Waals surface area contributed by atoms with Gasteiger partial charge in [-0.05, 0) is 36.1 Å². The number of amides is 2. The first-order chi connectivity index (χ1) is 13.6. The Morgan fingerprint density at radius 3 is 2.71 bits per heavy atom. The Morgan fingerprint density at radius 2 is 2.00 bits per heavy atom. The normalized spacial score (nSPS) is 18.0. The number of hydrogen-bond acceptors (Lipinski definition) is 3. The minimum absolute atomic E-state index is 0.155. The highest BCUT2D eigenvalue weighted by molar-refractivity contribution is 6.34. The number of fused-ring (bicyclic) bond motifs is 1. The maximum atomic E-state index is 13.2. The number of nitrogens with zero attached hydrogens (tertiary/aromatic N) is 2. The number of aromatic nitrogens is 1. The summed E-state index contributed by atoms with van der Waals surface area (Å²) in [7, 11) is 0. The maximum absolute atomic E-state index is 13.2. The summed E-state index contributed by atoms with van der Waals surface area (Å²) in [6.07, 6.45) is 8.19. The number of carbonyl (C=O) groups is 2. The molecule has 0 bridgehead atoms. The van der Waals surface area contributed by atoms with Crippen LogP contribution in [0.1, 0.15) is 54.4 Å². The molecule has 5 nitrogen and oxygen atoms in total. The number of pyridine rings is 1. The van der Waals surface area contributed by atoms with Gasteiger partial charge in [0.25, 0.3) is 5.91 Å². The summed E-state index contributed by atoms with van der Waals surface area (Å²) in [5, 5.41) is 3.34. The molecule has 2 aliphatic rings. The van der Waals surface area contributed by atoms with E-state index in [2.05, 4.69) is 10.3 Å². The van der Waals surface area contributed by atoms with Gasteiger partial charge in [0.15, 0.2) is 0 Å². The van der Waals surface area contributed by atoms with Crippen LogP contribution in [0.2, 0.25) is 5.02 Å². The fourth-order valence-electron chi connectivity index (χ4n) is 4.35. The highest BCUT2D eigenvalue weighted by atomic mass is 35.5. The average Bonchev–Trinajstić information content (AvgIpc) is 3.05. The predicted molar refractivity (Wildman–Crippen MR) is 109 cm³/mol. The highest BCUT2D eigenvalue weighted by Gasteiger charge is 2.38. The molecule has 1 fully saturated rings. The summed E-state index contributed by atoms with van der Waals surface area (Å²) in [4.78, 5) is 32.2. The van der Waals surface area contributed by atoms with Crippen molar-refractivity contribution in [2.45, 2.75) is 51.1 Å². The van der Waals surface area contributed by atoms with E-state index in [0.717, 1.165) is 18.4 Å². The molecule has 1 N–H and O–H groups in total. The predicted octanol–water partition coefficient (Wildman–Crippen LogP) is 4.67. The van der Waals surface area contributed by atoms with Crippen molar-refractivity contribution in [3.63, 3.8) is 0 Å². The molecule has 1 atom stereocenters. The molecule has 146 valence electrons. The van der Waals surface area contributed by atoms with E-state index < -0.39 is 6.04 Å². The molecule has 2 amide bonds. The van der Waals surface area contributed by atoms with Gasteiger partial charge in [-0.25, -0.2) is 4.98 Å². The number of benzene rings is 1. The van der Waals surface area contributed by atoms with Gasteiger partial charge in [0.1, 0.15) is 11.9 Å². The Morgan fingerprint density at radius 1 is 1.18 bits per heavy atom. The van der Waals surface area contributed by atoms with Gasteiger partial charge in [0.2, 0.25) is 5.91 Å². The van der Waals surface area contributed by atoms with Gasteiger partial charge < -0.3 is 10.2 Å². The third kappa shape index (κ3) is 3.90. The fraction of sp³-hybridized carbons (Fsp3) is 0.409. The first-order valence-electron chi connectivity index (χ1n) is 9.93. The van der Waals surface area contributed by atoms with Crippen LogP contribution in [0.3, 0.4) is 0 Å². The van der Waals surface area contributed by atoms with E-state index in [-0.39, 0.29) is 11.8 Å². The zero-order chi connectivity index (χ0) is 19.5. The van der Waals surface area contributed by atoms with Crippen LogP contribution in [0.15, 0.2) is 42.6 Å². The van der Waals surface area contributed by atoms with Crippen LogP contribution in [-0.2, 0) is 11.3 Å². The Bertz CT molecular complexity index is 865. The lowest BCUT2D eigenvalue weighted by Crippen LogP contribution is -2.45. The molecule has 6 heteroatoms. The fourth-order valence-corrected chi connectivity index (χ4v) is 4.63. The van der Waals surface area contributed by atoms with E-state index >= 15 is 0 Å². The largest absolute Gasteiger partial charge is 0.322 e. The standard InChI is InChI=1S/C22H24ClN3O2/c23-17-10-6-9-16-14-26(22(28)20(16)17)18(13-15-7-2-1-3-8-15)21(27)25-19-11-4-5-12-24-19/h4-6,9-12,15,18H,1-3,7-8,13-14H2,(H,24,25,27). The first kappa shape index (κ1) is 18.9. The van der Waals surface area contributed by atoms with E-state index in [4.69, 9.17) is 11.6 Å². The van der Waals surface area contributed by atoms with Crippen molar-refractivity contribution in [3.8, 4) is 0 Å². The molecule has 28 heavy (non-hydrogen) atoms. The highest BCUT2D eigenvalue weighted by Crippen LogP contribution is 2.34. The summed E-state index contributed by atoms with van der Waals surface area (Å²) < 4.78 is 0. The maximum Gasteiger partial charge on any atom is 0.256 e. The van der Waals surface area contributed by atoms with E-state index in [1.54, 1.807) is 29.3 Å². The molecule has 1 aliphatic carbocycles. The third-order valence-electron chi connectivity index (χ3n) is 5.79. The number of anilines is 1. The van der Waals surface area contributed by atoms with Crippen molar-refractivity contribution < 1.29 is 9.59 Å². The van der Waals surface area contributed by atoms with Gasteiger partial charge >= 0.3 is 0 Å². The zero-order valence-corrected chi connectivity index (χ0v) is 16.5. The quantitative estimate of drug-likeness (QED) is 0.797. The van der Waals surface area contributed by atoms with E-state index in [1.165, 1.54) is 19.3 Å². The van der Waals surface area contributed by atoms with Gasteiger partial charge in [0, 0.05) is 12.7 Å². The number of carbonyl (C=O) groups excluding carboxylic acids is 2. The summed E-state index contributed by atoms with van der Waals surface area (Å²) in [6.45, 7) is 0.418. The lowest BCUT2D eigenvalue weighted by molar-refractivity contribution is -0.121. The number of nitrogens with one attached hydrogen (secondary N) is 1. The van der Waals surface area contributed by atoms with E-state index in [9.17, 15) is 9.59 Å². The summed E-state index contributed by atoms with van der Waals surface area (Å²) in [5.74, 6) is 0.627. The minimum Gasteiger partial charge on any atom is -0.322 e. The van der Waals surface area contributed by atoms with Crippen molar-refractivity contribution in [3.05, 3.63) is 58.7 Å². The summed E-state index contributed by atoms with van der Waals surface area (Å²) >= 11 is 6.28.